The number of carbonyl (C=O) groups is 1. The second-order valence-corrected chi connectivity index (χ2v) is 7.31. The summed E-state index contributed by atoms with van der Waals surface area (Å²) < 4.78 is 45.1. The summed E-state index contributed by atoms with van der Waals surface area (Å²) in [6.45, 7) is 3.41. The van der Waals surface area contributed by atoms with E-state index >= 15 is 0 Å². The Hall–Kier alpha value is -2.45. The summed E-state index contributed by atoms with van der Waals surface area (Å²) in [4.78, 5) is 12.3. The van der Waals surface area contributed by atoms with Crippen molar-refractivity contribution in [3.8, 4) is 5.75 Å². The van der Waals surface area contributed by atoms with Gasteiger partial charge in [-0.25, -0.2) is 17.5 Å². The highest BCUT2D eigenvalue weighted by Crippen LogP contribution is 2.28. The highest BCUT2D eigenvalue weighted by atomic mass is 32.2. The minimum Gasteiger partial charge on any atom is -0.495 e. The van der Waals surface area contributed by atoms with Crippen LogP contribution in [0.25, 0.3) is 0 Å². The molecule has 0 aliphatic heterocycles. The smallest absolute Gasteiger partial charge is 0.255 e. The molecule has 2 rings (SSSR count). The van der Waals surface area contributed by atoms with Crippen molar-refractivity contribution in [1.82, 2.24) is 4.72 Å². The number of carbonyl (C=O) groups excluding carboxylic acids is 1. The fraction of sp³-hybridized carbons (Fsp3) is 0.235. The lowest BCUT2D eigenvalue weighted by Gasteiger charge is -2.14. The van der Waals surface area contributed by atoms with Crippen molar-refractivity contribution in [3.63, 3.8) is 0 Å². The summed E-state index contributed by atoms with van der Waals surface area (Å²) in [5.74, 6) is -0.661. The van der Waals surface area contributed by atoms with Gasteiger partial charge in [0.2, 0.25) is 10.0 Å². The molecule has 0 bridgehead atoms. The van der Waals surface area contributed by atoms with E-state index in [2.05, 4.69) is 10.0 Å². The standard InChI is InChI=1S/C17H19FN2O4S/c1-11(2)20-25(22,23)14-8-9-16(24-3)15(10-14)19-17(21)12-4-6-13(18)7-5-12/h4-11,20H,1-3H3,(H,19,21). The van der Waals surface area contributed by atoms with E-state index in [1.165, 1.54) is 49.6 Å². The van der Waals surface area contributed by atoms with Crippen LogP contribution < -0.4 is 14.8 Å². The fourth-order valence-corrected chi connectivity index (χ4v) is 3.40. The summed E-state index contributed by atoms with van der Waals surface area (Å²) >= 11 is 0. The van der Waals surface area contributed by atoms with Gasteiger partial charge < -0.3 is 10.1 Å². The first-order chi connectivity index (χ1) is 11.7. The number of sulfonamides is 1. The van der Waals surface area contributed by atoms with E-state index in [1.807, 2.05) is 0 Å². The summed E-state index contributed by atoms with van der Waals surface area (Å²) in [6.07, 6.45) is 0. The Kier molecular flexibility index (Phi) is 5.76. The maximum atomic E-state index is 13.0. The Morgan fingerprint density at radius 2 is 1.76 bits per heavy atom. The molecule has 0 aliphatic carbocycles. The van der Waals surface area contributed by atoms with Crippen LogP contribution in [0, 0.1) is 5.82 Å². The van der Waals surface area contributed by atoms with Gasteiger partial charge >= 0.3 is 0 Å². The van der Waals surface area contributed by atoms with E-state index in [9.17, 15) is 17.6 Å². The molecule has 0 atom stereocenters. The monoisotopic (exact) mass is 366 g/mol. The summed E-state index contributed by atoms with van der Waals surface area (Å²) in [6, 6.07) is 8.87. The highest BCUT2D eigenvalue weighted by Gasteiger charge is 2.18. The van der Waals surface area contributed by atoms with Crippen LogP contribution in [0.2, 0.25) is 0 Å². The van der Waals surface area contributed by atoms with Crippen molar-refractivity contribution in [2.24, 2.45) is 0 Å². The lowest BCUT2D eigenvalue weighted by molar-refractivity contribution is 0.102. The number of hydrogen-bond donors (Lipinski definition) is 2. The van der Waals surface area contributed by atoms with Gasteiger partial charge in [0.1, 0.15) is 11.6 Å². The minimum atomic E-state index is -3.72. The summed E-state index contributed by atoms with van der Waals surface area (Å²) in [5.41, 5.74) is 0.431. The lowest BCUT2D eigenvalue weighted by atomic mass is 10.2. The summed E-state index contributed by atoms with van der Waals surface area (Å²) in [7, 11) is -2.31. The molecule has 0 radical (unpaired) electrons. The average Bonchev–Trinajstić information content (AvgIpc) is 2.54. The predicted octanol–water partition coefficient (Wildman–Crippen LogP) is 2.77. The second kappa shape index (κ2) is 7.62. The third kappa shape index (κ3) is 4.77. The highest BCUT2D eigenvalue weighted by molar-refractivity contribution is 7.89. The largest absolute Gasteiger partial charge is 0.495 e. The Morgan fingerprint density at radius 3 is 2.32 bits per heavy atom. The first-order valence-corrected chi connectivity index (χ1v) is 8.98. The van der Waals surface area contributed by atoms with Gasteiger partial charge in [-0.05, 0) is 56.3 Å². The van der Waals surface area contributed by atoms with Gasteiger partial charge in [-0.1, -0.05) is 0 Å². The van der Waals surface area contributed by atoms with E-state index in [4.69, 9.17) is 4.74 Å². The molecule has 134 valence electrons. The number of rotatable bonds is 6. The molecule has 1 amide bonds. The normalized spacial score (nSPS) is 11.4. The number of ether oxygens (including phenoxy) is 1. The van der Waals surface area contributed by atoms with Gasteiger partial charge in [0.05, 0.1) is 17.7 Å². The second-order valence-electron chi connectivity index (χ2n) is 5.60. The fourth-order valence-electron chi connectivity index (χ4n) is 2.13. The van der Waals surface area contributed by atoms with E-state index in [-0.39, 0.29) is 22.2 Å². The Balaban J connectivity index is 2.34. The zero-order valence-corrected chi connectivity index (χ0v) is 14.9. The van der Waals surface area contributed by atoms with Gasteiger partial charge in [0.25, 0.3) is 5.91 Å². The molecular formula is C17H19FN2O4S. The van der Waals surface area contributed by atoms with Crippen molar-refractivity contribution in [3.05, 3.63) is 53.8 Å². The number of methoxy groups -OCH3 is 1. The molecule has 0 unspecified atom stereocenters. The predicted molar refractivity (Wildman–Crippen MR) is 92.8 cm³/mol. The number of amides is 1. The van der Waals surface area contributed by atoms with Gasteiger partial charge in [-0.3, -0.25) is 4.79 Å². The summed E-state index contributed by atoms with van der Waals surface area (Å²) in [5, 5.41) is 2.58. The number of nitrogens with one attached hydrogen (secondary N) is 2. The van der Waals surface area contributed by atoms with Crippen LogP contribution in [-0.2, 0) is 10.0 Å². The molecule has 2 aromatic carbocycles. The van der Waals surface area contributed by atoms with E-state index in [0.29, 0.717) is 5.75 Å². The molecule has 0 saturated heterocycles. The molecule has 2 aromatic rings. The van der Waals surface area contributed by atoms with Crippen LogP contribution in [0.4, 0.5) is 10.1 Å². The van der Waals surface area contributed by atoms with Crippen molar-refractivity contribution < 1.29 is 22.3 Å². The zero-order chi connectivity index (χ0) is 18.6. The lowest BCUT2D eigenvalue weighted by Crippen LogP contribution is -2.30. The molecule has 0 spiro atoms. The maximum Gasteiger partial charge on any atom is 0.255 e. The van der Waals surface area contributed by atoms with Crippen molar-refractivity contribution >= 4 is 21.6 Å². The van der Waals surface area contributed by atoms with Crippen LogP contribution in [0.1, 0.15) is 24.2 Å². The molecule has 6 nitrogen and oxygen atoms in total. The molecular weight excluding hydrogens is 347 g/mol. The first-order valence-electron chi connectivity index (χ1n) is 7.50. The Bertz CT molecular complexity index is 865. The number of halogens is 1. The third-order valence-corrected chi connectivity index (χ3v) is 4.88. The molecule has 2 N–H and O–H groups in total. The Morgan fingerprint density at radius 1 is 1.12 bits per heavy atom. The Labute approximate surface area is 146 Å². The topological polar surface area (TPSA) is 84.5 Å². The zero-order valence-electron chi connectivity index (χ0n) is 14.0. The number of anilines is 1. The van der Waals surface area contributed by atoms with Crippen molar-refractivity contribution in [2.45, 2.75) is 24.8 Å². The van der Waals surface area contributed by atoms with Gasteiger partial charge in [-0.2, -0.15) is 0 Å². The first kappa shape index (κ1) is 18.9. The number of benzene rings is 2. The van der Waals surface area contributed by atoms with Crippen LogP contribution in [-0.4, -0.2) is 27.5 Å². The van der Waals surface area contributed by atoms with Gasteiger partial charge in [0.15, 0.2) is 0 Å². The third-order valence-electron chi connectivity index (χ3n) is 3.23. The quantitative estimate of drug-likeness (QED) is 0.823. The van der Waals surface area contributed by atoms with Crippen LogP contribution in [0.5, 0.6) is 5.75 Å². The van der Waals surface area contributed by atoms with Crippen molar-refractivity contribution in [1.29, 1.82) is 0 Å². The van der Waals surface area contributed by atoms with Gasteiger partial charge in [-0.15, -0.1) is 0 Å². The molecule has 0 aliphatic rings. The van der Waals surface area contributed by atoms with Gasteiger partial charge in [0, 0.05) is 11.6 Å². The van der Waals surface area contributed by atoms with Crippen LogP contribution in [0.15, 0.2) is 47.4 Å². The van der Waals surface area contributed by atoms with Crippen molar-refractivity contribution in [2.75, 3.05) is 12.4 Å². The SMILES string of the molecule is COc1ccc(S(=O)(=O)NC(C)C)cc1NC(=O)c1ccc(F)cc1. The molecule has 0 aromatic heterocycles. The molecule has 25 heavy (non-hydrogen) atoms. The number of hydrogen-bond acceptors (Lipinski definition) is 4. The molecule has 0 saturated carbocycles. The average molecular weight is 366 g/mol. The molecule has 8 heteroatoms. The van der Waals surface area contributed by atoms with E-state index in [0.717, 1.165) is 0 Å². The molecule has 0 fully saturated rings. The maximum absolute atomic E-state index is 13.0. The molecule has 0 heterocycles. The van der Waals surface area contributed by atoms with E-state index < -0.39 is 21.7 Å². The van der Waals surface area contributed by atoms with Crippen LogP contribution >= 0.6 is 0 Å². The minimum absolute atomic E-state index is 0.00333. The van der Waals surface area contributed by atoms with E-state index in [1.54, 1.807) is 13.8 Å². The van der Waals surface area contributed by atoms with Crippen LogP contribution in [0.3, 0.4) is 0 Å².